The van der Waals surface area contributed by atoms with Gasteiger partial charge in [0.1, 0.15) is 0 Å². The number of carbonyl (C=O) groups excluding carboxylic acids is 2. The van der Waals surface area contributed by atoms with Crippen LogP contribution in [0.3, 0.4) is 0 Å². The Hall–Kier alpha value is -7.18. The molecule has 0 radical (unpaired) electrons. The molecular weight excluding hydrogens is 649 g/mol. The van der Waals surface area contributed by atoms with Crippen molar-refractivity contribution in [2.45, 2.75) is 0 Å². The first kappa shape index (κ1) is 32.0. The van der Waals surface area contributed by atoms with Gasteiger partial charge < -0.3 is 10.2 Å². The number of hydrogen-bond acceptors (Lipinski definition) is 4. The van der Waals surface area contributed by atoms with Gasteiger partial charge in [-0.3, -0.25) is 9.59 Å². The first-order valence-corrected chi connectivity index (χ1v) is 16.6. The van der Waals surface area contributed by atoms with Crippen molar-refractivity contribution in [2.24, 2.45) is 0 Å². The number of hydrogen-bond donors (Lipinski definition) is 2. The van der Waals surface area contributed by atoms with E-state index in [2.05, 4.69) is 0 Å². The lowest BCUT2D eigenvalue weighted by atomic mass is 9.79. The van der Waals surface area contributed by atoms with Crippen LogP contribution in [0.25, 0.3) is 54.6 Å². The van der Waals surface area contributed by atoms with Crippen LogP contribution in [0.4, 0.5) is 0 Å². The number of carbonyl (C=O) groups is 4. The molecule has 0 amide bonds. The fourth-order valence-electron chi connectivity index (χ4n) is 7.28. The van der Waals surface area contributed by atoms with Gasteiger partial charge in [0, 0.05) is 33.4 Å². The zero-order valence-electron chi connectivity index (χ0n) is 27.5. The van der Waals surface area contributed by atoms with E-state index in [0.717, 1.165) is 10.8 Å². The van der Waals surface area contributed by atoms with E-state index in [1.807, 2.05) is 60.7 Å². The maximum absolute atomic E-state index is 14.8. The van der Waals surface area contributed by atoms with E-state index in [1.165, 1.54) is 12.1 Å². The molecule has 6 nitrogen and oxygen atoms in total. The van der Waals surface area contributed by atoms with Gasteiger partial charge in [0.2, 0.25) is 0 Å². The Morgan fingerprint density at radius 3 is 1.08 bits per heavy atom. The average molecular weight is 677 g/mol. The maximum atomic E-state index is 14.8. The smallest absolute Gasteiger partial charge is 0.336 e. The first-order valence-electron chi connectivity index (χ1n) is 16.6. The first-order chi connectivity index (χ1) is 25.3. The normalized spacial score (nSPS) is 11.2. The third kappa shape index (κ3) is 5.30. The van der Waals surface area contributed by atoms with Crippen LogP contribution in [0, 0.1) is 0 Å². The van der Waals surface area contributed by atoms with Crippen molar-refractivity contribution < 1.29 is 29.4 Å². The highest BCUT2D eigenvalue weighted by molar-refractivity contribution is 6.30. The van der Waals surface area contributed by atoms with Crippen molar-refractivity contribution in [3.63, 3.8) is 0 Å². The Labute approximate surface area is 297 Å². The van der Waals surface area contributed by atoms with Crippen LogP contribution in [-0.4, -0.2) is 33.7 Å². The summed E-state index contributed by atoms with van der Waals surface area (Å²) in [4.78, 5) is 56.4. The quantitative estimate of drug-likeness (QED) is 0.155. The molecule has 6 heteroatoms. The van der Waals surface area contributed by atoms with Gasteiger partial charge >= 0.3 is 11.9 Å². The van der Waals surface area contributed by atoms with Crippen LogP contribution in [0.15, 0.2) is 158 Å². The fourth-order valence-corrected chi connectivity index (χ4v) is 7.28. The molecule has 52 heavy (non-hydrogen) atoms. The zero-order chi connectivity index (χ0) is 35.9. The molecule has 8 rings (SSSR count). The molecule has 0 aliphatic rings. The van der Waals surface area contributed by atoms with Crippen molar-refractivity contribution in [1.29, 1.82) is 0 Å². The van der Waals surface area contributed by atoms with Gasteiger partial charge in [-0.1, -0.05) is 146 Å². The summed E-state index contributed by atoms with van der Waals surface area (Å²) in [7, 11) is 0. The fraction of sp³-hybridized carbons (Fsp3) is 0. The van der Waals surface area contributed by atoms with E-state index in [1.54, 1.807) is 84.9 Å². The summed E-state index contributed by atoms with van der Waals surface area (Å²) in [5.41, 5.74) is 1.47. The molecule has 0 unspecified atom stereocenters. The van der Waals surface area contributed by atoms with E-state index in [0.29, 0.717) is 43.8 Å². The molecule has 0 aromatic heterocycles. The van der Waals surface area contributed by atoms with Crippen LogP contribution in [0.1, 0.15) is 52.6 Å². The maximum Gasteiger partial charge on any atom is 0.336 e. The highest BCUT2D eigenvalue weighted by atomic mass is 16.4. The van der Waals surface area contributed by atoms with Gasteiger partial charge in [-0.2, -0.15) is 0 Å². The minimum atomic E-state index is -1.34. The Morgan fingerprint density at radius 1 is 0.346 bits per heavy atom. The predicted molar refractivity (Wildman–Crippen MR) is 203 cm³/mol. The predicted octanol–water partition coefficient (Wildman–Crippen LogP) is 10.3. The molecular formula is C46H28O6. The largest absolute Gasteiger partial charge is 0.478 e. The average Bonchev–Trinajstić information content (AvgIpc) is 3.19. The van der Waals surface area contributed by atoms with Crippen LogP contribution in [-0.2, 0) is 0 Å². The monoisotopic (exact) mass is 676 g/mol. The minimum absolute atomic E-state index is 0.0777. The lowest BCUT2D eigenvalue weighted by molar-refractivity contribution is 0.0683. The number of benzene rings is 8. The minimum Gasteiger partial charge on any atom is -0.478 e. The second kappa shape index (κ2) is 12.9. The van der Waals surface area contributed by atoms with Gasteiger partial charge in [0.25, 0.3) is 0 Å². The van der Waals surface area contributed by atoms with Gasteiger partial charge in [0.05, 0.1) is 11.1 Å². The second-order valence-corrected chi connectivity index (χ2v) is 12.5. The van der Waals surface area contributed by atoms with Gasteiger partial charge in [-0.05, 0) is 55.6 Å². The molecule has 0 bridgehead atoms. The van der Waals surface area contributed by atoms with E-state index in [-0.39, 0.29) is 33.4 Å². The summed E-state index contributed by atoms with van der Waals surface area (Å²) < 4.78 is 0. The number of carboxylic acids is 2. The molecule has 0 saturated carbocycles. The highest BCUT2D eigenvalue weighted by Gasteiger charge is 2.32. The Bertz CT molecular complexity index is 2560. The van der Waals surface area contributed by atoms with Crippen LogP contribution in [0.2, 0.25) is 0 Å². The summed E-state index contributed by atoms with van der Waals surface area (Å²) in [6, 6.07) is 45.9. The van der Waals surface area contributed by atoms with E-state index in [4.69, 9.17) is 0 Å². The third-order valence-corrected chi connectivity index (χ3v) is 9.55. The summed E-state index contributed by atoms with van der Waals surface area (Å²) >= 11 is 0. The molecule has 0 saturated heterocycles. The highest BCUT2D eigenvalue weighted by Crippen LogP contribution is 2.44. The molecule has 248 valence electrons. The van der Waals surface area contributed by atoms with Crippen LogP contribution in [0.5, 0.6) is 0 Å². The number of fused-ring (bicyclic) bond motifs is 3. The Kier molecular flexibility index (Phi) is 7.97. The van der Waals surface area contributed by atoms with Crippen molar-refractivity contribution in [1.82, 2.24) is 0 Å². The van der Waals surface area contributed by atoms with Crippen molar-refractivity contribution >= 4 is 55.8 Å². The van der Waals surface area contributed by atoms with E-state index in [9.17, 15) is 29.4 Å². The lowest BCUT2D eigenvalue weighted by Gasteiger charge is -2.22. The summed E-state index contributed by atoms with van der Waals surface area (Å²) in [5, 5.41) is 25.3. The molecule has 8 aromatic carbocycles. The van der Waals surface area contributed by atoms with Crippen molar-refractivity contribution in [3.05, 3.63) is 191 Å². The molecule has 8 aromatic rings. The molecule has 0 atom stereocenters. The SMILES string of the molecule is O=C(O)c1cc2c(-c3ccccc3)c(C(=O)c3cccc4ccccc34)c(C(=O)O)cc2c(-c2ccccc2)c1C(=O)c1cccc2ccccc12. The number of rotatable bonds is 8. The number of ketones is 2. The Balaban J connectivity index is 1.56. The zero-order valence-corrected chi connectivity index (χ0v) is 27.5. The topological polar surface area (TPSA) is 109 Å². The second-order valence-electron chi connectivity index (χ2n) is 12.5. The van der Waals surface area contributed by atoms with Crippen molar-refractivity contribution in [3.8, 4) is 22.3 Å². The van der Waals surface area contributed by atoms with E-state index < -0.39 is 23.5 Å². The van der Waals surface area contributed by atoms with E-state index >= 15 is 0 Å². The summed E-state index contributed by atoms with van der Waals surface area (Å²) in [6.07, 6.45) is 0. The number of aromatic carboxylic acids is 2. The molecule has 2 N–H and O–H groups in total. The standard InChI is InChI=1S/C46H28O6/c47-43(33-23-11-19-27-13-7-9-21-31(27)33)41-37(45(49)50)26-36-35(39(41)29-15-3-1-4-16-29)25-38(46(51)52)42(40(36)30-17-5-2-6-18-30)44(48)34-24-12-20-28-14-8-10-22-32(28)34/h1-26H,(H,49,50)(H,51,52). The van der Waals surface area contributed by atoms with Gasteiger partial charge in [-0.15, -0.1) is 0 Å². The summed E-state index contributed by atoms with van der Waals surface area (Å²) in [5.74, 6) is -3.73. The Morgan fingerprint density at radius 2 is 0.692 bits per heavy atom. The lowest BCUT2D eigenvalue weighted by Crippen LogP contribution is -2.16. The molecule has 0 fully saturated rings. The van der Waals surface area contributed by atoms with Gasteiger partial charge in [0.15, 0.2) is 11.6 Å². The van der Waals surface area contributed by atoms with Crippen molar-refractivity contribution in [2.75, 3.05) is 0 Å². The van der Waals surface area contributed by atoms with Crippen LogP contribution < -0.4 is 0 Å². The van der Waals surface area contributed by atoms with Crippen LogP contribution >= 0.6 is 0 Å². The summed E-state index contributed by atoms with van der Waals surface area (Å²) in [6.45, 7) is 0. The number of carboxylic acid groups (broad SMARTS) is 2. The molecule has 0 aliphatic carbocycles. The molecule has 0 spiro atoms. The molecule has 0 aliphatic heterocycles. The third-order valence-electron chi connectivity index (χ3n) is 9.55. The van der Waals surface area contributed by atoms with Gasteiger partial charge in [-0.25, -0.2) is 9.59 Å². The molecule has 0 heterocycles.